The third-order valence-corrected chi connectivity index (χ3v) is 4.95. The van der Waals surface area contributed by atoms with Crippen LogP contribution in [-0.2, 0) is 9.53 Å². The van der Waals surface area contributed by atoms with Crippen LogP contribution in [0.25, 0.3) is 6.08 Å². The average Bonchev–Trinajstić information content (AvgIpc) is 2.50. The van der Waals surface area contributed by atoms with Crippen molar-refractivity contribution in [3.63, 3.8) is 0 Å². The first-order valence-electron chi connectivity index (χ1n) is 6.87. The molecule has 21 heavy (non-hydrogen) atoms. The Morgan fingerprint density at radius 1 is 1.10 bits per heavy atom. The molecule has 2 rings (SSSR count). The van der Waals surface area contributed by atoms with Gasteiger partial charge in [-0.25, -0.2) is 0 Å². The van der Waals surface area contributed by atoms with E-state index >= 15 is 0 Å². The summed E-state index contributed by atoms with van der Waals surface area (Å²) in [6.45, 7) is 4.28. The van der Waals surface area contributed by atoms with E-state index in [-0.39, 0.29) is 20.9 Å². The van der Waals surface area contributed by atoms with Crippen molar-refractivity contribution >= 4 is 31.5 Å². The van der Waals surface area contributed by atoms with Gasteiger partial charge in [-0.3, -0.25) is 0 Å². The molecule has 3 heteroatoms. The van der Waals surface area contributed by atoms with Crippen LogP contribution in [0.4, 0.5) is 0 Å². The van der Waals surface area contributed by atoms with Gasteiger partial charge in [0.15, 0.2) is 0 Å². The van der Waals surface area contributed by atoms with Gasteiger partial charge < -0.3 is 0 Å². The minimum atomic E-state index is -0.220. The van der Waals surface area contributed by atoms with Crippen molar-refractivity contribution in [1.29, 1.82) is 0 Å². The van der Waals surface area contributed by atoms with Gasteiger partial charge in [-0.2, -0.15) is 0 Å². The molecule has 0 spiro atoms. The summed E-state index contributed by atoms with van der Waals surface area (Å²) in [7, 11) is 0. The molecule has 0 saturated heterocycles. The summed E-state index contributed by atoms with van der Waals surface area (Å²) in [6.07, 6.45) is 1.93. The molecule has 2 nitrogen and oxygen atoms in total. The van der Waals surface area contributed by atoms with Crippen molar-refractivity contribution < 1.29 is 9.53 Å². The summed E-state index contributed by atoms with van der Waals surface area (Å²) in [4.78, 5) is 12.1. The van der Waals surface area contributed by atoms with Crippen LogP contribution in [0.3, 0.4) is 0 Å². The third kappa shape index (κ3) is 4.89. The van der Waals surface area contributed by atoms with Gasteiger partial charge in [-0.1, -0.05) is 0 Å². The zero-order chi connectivity index (χ0) is 15.1. The number of benzene rings is 2. The Hall–Kier alpha value is -1.83. The van der Waals surface area contributed by atoms with E-state index in [0.717, 1.165) is 14.5 Å². The molecule has 2 aromatic rings. The Labute approximate surface area is 132 Å². The van der Waals surface area contributed by atoms with E-state index in [2.05, 4.69) is 0 Å². The summed E-state index contributed by atoms with van der Waals surface area (Å²) < 4.78 is 7.08. The van der Waals surface area contributed by atoms with Gasteiger partial charge >= 0.3 is 132 Å². The monoisotopic (exact) mass is 346 g/mol. The molecule has 0 amide bonds. The van der Waals surface area contributed by atoms with Gasteiger partial charge in [0.2, 0.25) is 0 Å². The second-order valence-electron chi connectivity index (χ2n) is 4.55. The Bertz CT molecular complexity index is 615. The molecule has 2 aromatic carbocycles. The number of hydrogen-bond donors (Lipinski definition) is 0. The van der Waals surface area contributed by atoms with Crippen molar-refractivity contribution in [1.82, 2.24) is 0 Å². The molecule has 0 aliphatic heterocycles. The van der Waals surface area contributed by atoms with Crippen LogP contribution >= 0.6 is 0 Å². The summed E-state index contributed by atoms with van der Waals surface area (Å²) in [5.41, 5.74) is 2.24. The average molecular weight is 345 g/mol. The molecule has 0 aliphatic carbocycles. The van der Waals surface area contributed by atoms with Crippen molar-refractivity contribution in [2.75, 3.05) is 6.61 Å². The van der Waals surface area contributed by atoms with Crippen LogP contribution in [0.15, 0.2) is 59.1 Å². The molecule has 0 bridgehead atoms. The predicted molar refractivity (Wildman–Crippen MR) is 87.6 cm³/mol. The van der Waals surface area contributed by atoms with Gasteiger partial charge in [0, 0.05) is 0 Å². The minimum absolute atomic E-state index is 0.0571. The van der Waals surface area contributed by atoms with Crippen LogP contribution in [0, 0.1) is 6.92 Å². The number of ether oxygens (including phenoxy) is 1. The Kier molecular flexibility index (Phi) is 5.79. The van der Waals surface area contributed by atoms with Gasteiger partial charge in [0.1, 0.15) is 0 Å². The first kappa shape index (κ1) is 15.6. The van der Waals surface area contributed by atoms with Crippen molar-refractivity contribution in [2.24, 2.45) is 0 Å². The van der Waals surface area contributed by atoms with E-state index in [9.17, 15) is 4.79 Å². The van der Waals surface area contributed by atoms with E-state index in [1.54, 1.807) is 0 Å². The van der Waals surface area contributed by atoms with Gasteiger partial charge in [0.25, 0.3) is 0 Å². The molecule has 0 aromatic heterocycles. The Morgan fingerprint density at radius 2 is 1.76 bits per heavy atom. The number of carbonyl (C=O) groups is 1. The summed E-state index contributed by atoms with van der Waals surface area (Å²) in [5.74, 6) is -0.220. The Balaban J connectivity index is 2.27. The molecule has 0 heterocycles. The van der Waals surface area contributed by atoms with Gasteiger partial charge in [-0.05, 0) is 0 Å². The van der Waals surface area contributed by atoms with Crippen LogP contribution in [-0.4, -0.2) is 27.5 Å². The molecule has 108 valence electrons. The van der Waals surface area contributed by atoms with E-state index in [1.807, 2.05) is 74.5 Å². The number of rotatable bonds is 5. The third-order valence-electron chi connectivity index (χ3n) is 2.82. The number of carbonyl (C=O) groups excluding carboxylic acids is 1. The Morgan fingerprint density at radius 3 is 2.38 bits per heavy atom. The summed E-state index contributed by atoms with van der Waals surface area (Å²) in [6, 6.07) is 18.2. The molecule has 0 saturated carbocycles. The van der Waals surface area contributed by atoms with E-state index in [1.165, 1.54) is 5.56 Å². The number of aryl methyl sites for hydroxylation is 1. The van der Waals surface area contributed by atoms with Crippen LogP contribution in [0.2, 0.25) is 0 Å². The maximum atomic E-state index is 12.1. The number of esters is 1. The van der Waals surface area contributed by atoms with Crippen LogP contribution in [0.1, 0.15) is 18.1 Å². The maximum absolute atomic E-state index is 12.1. The second kappa shape index (κ2) is 7.82. The molecule has 0 radical (unpaired) electrons. The fraction of sp³-hybridized carbons (Fsp3) is 0.167. The van der Waals surface area contributed by atoms with Crippen LogP contribution in [0.5, 0.6) is 0 Å². The fourth-order valence-corrected chi connectivity index (χ4v) is 3.62. The van der Waals surface area contributed by atoms with E-state index in [0.29, 0.717) is 6.61 Å². The van der Waals surface area contributed by atoms with Crippen molar-refractivity contribution in [3.05, 3.63) is 70.2 Å². The summed E-state index contributed by atoms with van der Waals surface area (Å²) >= 11 is -0.0571. The predicted octanol–water partition coefficient (Wildman–Crippen LogP) is 2.93. The summed E-state index contributed by atoms with van der Waals surface area (Å²) in [5, 5.41) is 0. The number of hydrogen-bond acceptors (Lipinski definition) is 2. The molecular weight excluding hydrogens is 327 g/mol. The molecule has 0 fully saturated rings. The van der Waals surface area contributed by atoms with E-state index < -0.39 is 0 Å². The SMILES string of the molecule is CCOC(=O)C(=Cc1ccc(C)cc1)[Se]c1ccccc1. The van der Waals surface area contributed by atoms with Crippen molar-refractivity contribution in [3.8, 4) is 0 Å². The fourth-order valence-electron chi connectivity index (χ4n) is 1.76. The normalized spacial score (nSPS) is 11.2. The second-order valence-corrected chi connectivity index (χ2v) is 6.89. The zero-order valence-corrected chi connectivity index (χ0v) is 13.9. The topological polar surface area (TPSA) is 26.3 Å². The standard InChI is InChI=1S/C18H18O2Se/c1-3-20-18(19)17(21-16-7-5-4-6-8-16)13-15-11-9-14(2)10-12-15/h4-13H,3H2,1-2H3. The van der Waals surface area contributed by atoms with Crippen molar-refractivity contribution in [2.45, 2.75) is 13.8 Å². The quantitative estimate of drug-likeness (QED) is 0.473. The molecule has 0 N–H and O–H groups in total. The van der Waals surface area contributed by atoms with Crippen LogP contribution < -0.4 is 4.46 Å². The first-order valence-corrected chi connectivity index (χ1v) is 8.58. The van der Waals surface area contributed by atoms with Gasteiger partial charge in [-0.15, -0.1) is 0 Å². The molecular formula is C18H18O2Se. The zero-order valence-electron chi connectivity index (χ0n) is 12.2. The van der Waals surface area contributed by atoms with E-state index in [4.69, 9.17) is 4.74 Å². The molecule has 0 aliphatic rings. The molecule has 0 atom stereocenters. The first-order chi connectivity index (χ1) is 10.2. The van der Waals surface area contributed by atoms with Gasteiger partial charge in [0.05, 0.1) is 0 Å². The molecule has 0 unspecified atom stereocenters.